The zero-order valence-corrected chi connectivity index (χ0v) is 18.2. The van der Waals surface area contributed by atoms with Gasteiger partial charge in [-0.2, -0.15) is 4.31 Å². The normalized spacial score (nSPS) is 18.2. The molecule has 0 aliphatic carbocycles. The highest BCUT2D eigenvalue weighted by molar-refractivity contribution is 7.89. The van der Waals surface area contributed by atoms with Crippen molar-refractivity contribution in [3.05, 3.63) is 47.7 Å². The predicted molar refractivity (Wildman–Crippen MR) is 115 cm³/mol. The Morgan fingerprint density at radius 1 is 1.03 bits per heavy atom. The number of nitrogens with zero attached hydrogens (tertiary/aromatic N) is 4. The number of morpholine rings is 1. The van der Waals surface area contributed by atoms with Crippen molar-refractivity contribution in [2.24, 2.45) is 0 Å². The predicted octanol–water partition coefficient (Wildman–Crippen LogP) is 1.08. The number of carbonyl (C=O) groups excluding carboxylic acids is 1. The fourth-order valence-corrected chi connectivity index (χ4v) is 5.13. The lowest BCUT2D eigenvalue weighted by Gasteiger charge is -2.35. The summed E-state index contributed by atoms with van der Waals surface area (Å²) in [5.74, 6) is 0.467. The van der Waals surface area contributed by atoms with Crippen molar-refractivity contribution in [3.63, 3.8) is 0 Å². The van der Waals surface area contributed by atoms with Crippen molar-refractivity contribution >= 4 is 21.7 Å². The molecule has 1 aromatic heterocycles. The van der Waals surface area contributed by atoms with Crippen LogP contribution in [0.4, 0.5) is 5.82 Å². The second-order valence-corrected chi connectivity index (χ2v) is 9.61. The largest absolute Gasteiger partial charge is 0.507 e. The van der Waals surface area contributed by atoms with Gasteiger partial charge in [0.2, 0.25) is 10.0 Å². The number of phenolic OH excluding ortho intramolecular Hbond substituents is 1. The van der Waals surface area contributed by atoms with Crippen LogP contribution in [0.3, 0.4) is 0 Å². The van der Waals surface area contributed by atoms with E-state index < -0.39 is 10.0 Å². The van der Waals surface area contributed by atoms with Crippen LogP contribution >= 0.6 is 0 Å². The number of aryl methyl sites for hydroxylation is 1. The summed E-state index contributed by atoms with van der Waals surface area (Å²) in [5.41, 5.74) is 1.19. The molecule has 0 atom stereocenters. The molecule has 1 amide bonds. The van der Waals surface area contributed by atoms with Gasteiger partial charge in [-0.3, -0.25) is 4.79 Å². The summed E-state index contributed by atoms with van der Waals surface area (Å²) in [6, 6.07) is 8.32. The van der Waals surface area contributed by atoms with Crippen molar-refractivity contribution in [2.75, 3.05) is 57.4 Å². The van der Waals surface area contributed by atoms with E-state index in [0.29, 0.717) is 63.9 Å². The molecule has 3 heterocycles. The summed E-state index contributed by atoms with van der Waals surface area (Å²) in [5, 5.41) is 10.1. The number of pyridine rings is 1. The van der Waals surface area contributed by atoms with E-state index >= 15 is 0 Å². The van der Waals surface area contributed by atoms with Crippen molar-refractivity contribution in [1.29, 1.82) is 0 Å². The van der Waals surface area contributed by atoms with Crippen LogP contribution in [0, 0.1) is 6.92 Å². The van der Waals surface area contributed by atoms with Gasteiger partial charge in [0, 0.05) is 45.5 Å². The summed E-state index contributed by atoms with van der Waals surface area (Å²) in [4.78, 5) is 21.0. The van der Waals surface area contributed by atoms with E-state index in [9.17, 15) is 18.3 Å². The lowest BCUT2D eigenvalue weighted by Crippen LogP contribution is -2.49. The number of rotatable bonds is 4. The first-order valence-electron chi connectivity index (χ1n) is 10.2. The van der Waals surface area contributed by atoms with Crippen LogP contribution in [0.2, 0.25) is 0 Å². The van der Waals surface area contributed by atoms with Crippen molar-refractivity contribution in [3.8, 4) is 5.75 Å². The molecule has 0 unspecified atom stereocenters. The van der Waals surface area contributed by atoms with Crippen LogP contribution in [0.1, 0.15) is 15.9 Å². The number of aromatic nitrogens is 1. The van der Waals surface area contributed by atoms with E-state index in [1.165, 1.54) is 10.5 Å². The first-order chi connectivity index (χ1) is 14.9. The molecule has 1 aromatic carbocycles. The summed E-state index contributed by atoms with van der Waals surface area (Å²) in [6.45, 7) is 5.46. The number of carbonyl (C=O) groups is 1. The summed E-state index contributed by atoms with van der Waals surface area (Å²) in [7, 11) is -3.57. The van der Waals surface area contributed by atoms with E-state index in [-0.39, 0.29) is 16.6 Å². The van der Waals surface area contributed by atoms with Crippen LogP contribution in [-0.2, 0) is 14.8 Å². The van der Waals surface area contributed by atoms with Crippen LogP contribution in [0.5, 0.6) is 5.75 Å². The zero-order chi connectivity index (χ0) is 22.0. The van der Waals surface area contributed by atoms with Crippen molar-refractivity contribution in [1.82, 2.24) is 14.2 Å². The second-order valence-electron chi connectivity index (χ2n) is 7.67. The maximum Gasteiger partial charge on any atom is 0.257 e. The van der Waals surface area contributed by atoms with Gasteiger partial charge >= 0.3 is 0 Å². The maximum absolute atomic E-state index is 12.7. The second kappa shape index (κ2) is 8.81. The third kappa shape index (κ3) is 4.51. The maximum atomic E-state index is 12.7. The molecule has 0 bridgehead atoms. The lowest BCUT2D eigenvalue weighted by molar-refractivity contribution is 0.0730. The van der Waals surface area contributed by atoms with Gasteiger partial charge in [0.05, 0.1) is 18.8 Å². The molecule has 1 N–H and O–H groups in total. The van der Waals surface area contributed by atoms with Crippen LogP contribution < -0.4 is 4.90 Å². The fraction of sp³-hybridized carbons (Fsp3) is 0.429. The van der Waals surface area contributed by atoms with E-state index in [0.717, 1.165) is 5.56 Å². The van der Waals surface area contributed by atoms with Gasteiger partial charge < -0.3 is 19.6 Å². The first-order valence-corrected chi connectivity index (χ1v) is 11.7. The summed E-state index contributed by atoms with van der Waals surface area (Å²) in [6.07, 6.45) is 1.39. The van der Waals surface area contributed by atoms with Gasteiger partial charge in [-0.05, 0) is 36.8 Å². The Labute approximate surface area is 181 Å². The molecule has 2 aliphatic heterocycles. The quantitative estimate of drug-likeness (QED) is 0.750. The van der Waals surface area contributed by atoms with Gasteiger partial charge in [-0.25, -0.2) is 13.4 Å². The van der Waals surface area contributed by atoms with Crippen LogP contribution in [0.25, 0.3) is 0 Å². The number of piperazine rings is 1. The zero-order valence-electron chi connectivity index (χ0n) is 17.4. The van der Waals surface area contributed by atoms with Gasteiger partial charge in [-0.1, -0.05) is 6.07 Å². The third-order valence-corrected chi connectivity index (χ3v) is 7.49. The number of ether oxygens (including phenoxy) is 1. The minimum absolute atomic E-state index is 0.00818. The lowest BCUT2D eigenvalue weighted by atomic mass is 10.1. The number of benzene rings is 1. The average Bonchev–Trinajstić information content (AvgIpc) is 2.79. The highest BCUT2D eigenvalue weighted by Crippen LogP contribution is 2.23. The molecular formula is C21H26N4O5S. The fourth-order valence-electron chi connectivity index (χ4n) is 3.78. The molecule has 10 heteroatoms. The number of amides is 1. The summed E-state index contributed by atoms with van der Waals surface area (Å²) < 4.78 is 32.1. The monoisotopic (exact) mass is 446 g/mol. The standard InChI is InChI=1S/C21H26N4O5S/c1-16-2-4-18(19(26)14-16)21(27)24-8-6-23(7-9-24)20-5-3-17(15-22-20)31(28,29)25-10-12-30-13-11-25/h2-5,14-15,26H,6-13H2,1H3. The molecule has 166 valence electrons. The number of hydrogen-bond donors (Lipinski definition) is 1. The van der Waals surface area contributed by atoms with E-state index in [2.05, 4.69) is 4.98 Å². The molecule has 9 nitrogen and oxygen atoms in total. The molecule has 0 saturated carbocycles. The Morgan fingerprint density at radius 2 is 1.74 bits per heavy atom. The first kappa shape index (κ1) is 21.5. The Hall–Kier alpha value is -2.69. The minimum atomic E-state index is -3.57. The Balaban J connectivity index is 1.39. The Bertz CT molecular complexity index is 1040. The molecule has 2 aromatic rings. The minimum Gasteiger partial charge on any atom is -0.507 e. The van der Waals surface area contributed by atoms with Gasteiger partial charge in [0.15, 0.2) is 0 Å². The number of hydrogen-bond acceptors (Lipinski definition) is 7. The van der Waals surface area contributed by atoms with Crippen molar-refractivity contribution in [2.45, 2.75) is 11.8 Å². The van der Waals surface area contributed by atoms with Gasteiger partial charge in [0.25, 0.3) is 5.91 Å². The third-order valence-electron chi connectivity index (χ3n) is 5.60. The highest BCUT2D eigenvalue weighted by Gasteiger charge is 2.28. The highest BCUT2D eigenvalue weighted by atomic mass is 32.2. The molecule has 2 fully saturated rings. The number of anilines is 1. The number of phenols is 1. The number of aromatic hydroxyl groups is 1. The van der Waals surface area contributed by atoms with Gasteiger partial charge in [-0.15, -0.1) is 0 Å². The molecule has 2 saturated heterocycles. The average molecular weight is 447 g/mol. The molecular weight excluding hydrogens is 420 g/mol. The van der Waals surface area contributed by atoms with E-state index in [1.54, 1.807) is 35.2 Å². The van der Waals surface area contributed by atoms with E-state index in [1.807, 2.05) is 11.8 Å². The number of sulfonamides is 1. The molecule has 2 aliphatic rings. The Morgan fingerprint density at radius 3 is 2.35 bits per heavy atom. The molecule has 0 radical (unpaired) electrons. The van der Waals surface area contributed by atoms with Crippen LogP contribution in [0.15, 0.2) is 41.4 Å². The molecule has 4 rings (SSSR count). The SMILES string of the molecule is Cc1ccc(C(=O)N2CCN(c3ccc(S(=O)(=O)N4CCOCC4)cn3)CC2)c(O)c1. The van der Waals surface area contributed by atoms with Crippen molar-refractivity contribution < 1.29 is 23.1 Å². The topological polar surface area (TPSA) is 103 Å². The van der Waals surface area contributed by atoms with Crippen LogP contribution in [-0.4, -0.2) is 86.1 Å². The smallest absolute Gasteiger partial charge is 0.257 e. The van der Waals surface area contributed by atoms with E-state index in [4.69, 9.17) is 4.74 Å². The Kier molecular flexibility index (Phi) is 6.12. The molecule has 31 heavy (non-hydrogen) atoms. The molecule has 0 spiro atoms. The summed E-state index contributed by atoms with van der Waals surface area (Å²) >= 11 is 0. The van der Waals surface area contributed by atoms with Gasteiger partial charge in [0.1, 0.15) is 16.5 Å².